The Hall–Kier alpha value is -2.02. The summed E-state index contributed by atoms with van der Waals surface area (Å²) < 4.78 is 10.9. The topological polar surface area (TPSA) is 59.3 Å². The third kappa shape index (κ3) is 3.01. The van der Waals surface area contributed by atoms with Gasteiger partial charge in [-0.25, -0.2) is 0 Å². The molecule has 0 N–H and O–H groups in total. The minimum absolute atomic E-state index is 0.120. The summed E-state index contributed by atoms with van der Waals surface area (Å²) in [6, 6.07) is 6.87. The van der Waals surface area contributed by atoms with Crippen molar-refractivity contribution < 1.29 is 14.3 Å². The van der Waals surface area contributed by atoms with E-state index in [9.17, 15) is 4.79 Å². The maximum Gasteiger partial charge on any atom is 0.177 e. The predicted octanol–water partition coefficient (Wildman–Crippen LogP) is 2.58. The second kappa shape index (κ2) is 5.54. The van der Waals surface area contributed by atoms with Gasteiger partial charge in [0.25, 0.3) is 0 Å². The third-order valence-corrected chi connectivity index (χ3v) is 2.90. The van der Waals surface area contributed by atoms with Crippen molar-refractivity contribution in [3.05, 3.63) is 23.8 Å². The predicted molar refractivity (Wildman–Crippen MR) is 65.8 cm³/mol. The summed E-state index contributed by atoms with van der Waals surface area (Å²) in [7, 11) is 1.54. The number of hydrogen-bond donors (Lipinski definition) is 0. The molecule has 1 aromatic rings. The summed E-state index contributed by atoms with van der Waals surface area (Å²) in [4.78, 5) is 11.6. The maximum atomic E-state index is 11.6. The van der Waals surface area contributed by atoms with Gasteiger partial charge >= 0.3 is 0 Å². The van der Waals surface area contributed by atoms with E-state index >= 15 is 0 Å². The Morgan fingerprint density at radius 1 is 1.44 bits per heavy atom. The van der Waals surface area contributed by atoms with E-state index < -0.39 is 0 Å². The molecule has 0 saturated heterocycles. The summed E-state index contributed by atoms with van der Waals surface area (Å²) in [6.45, 7) is 0.696. The van der Waals surface area contributed by atoms with Crippen LogP contribution in [0, 0.1) is 17.2 Å². The fraction of sp³-hybridized carbons (Fsp3) is 0.429. The van der Waals surface area contributed by atoms with Crippen molar-refractivity contribution in [1.82, 2.24) is 0 Å². The van der Waals surface area contributed by atoms with Gasteiger partial charge in [-0.05, 0) is 37.0 Å². The molecule has 1 saturated carbocycles. The van der Waals surface area contributed by atoms with Gasteiger partial charge < -0.3 is 9.47 Å². The smallest absolute Gasteiger partial charge is 0.177 e. The van der Waals surface area contributed by atoms with E-state index in [1.807, 2.05) is 6.07 Å². The number of methoxy groups -OCH3 is 1. The Morgan fingerprint density at radius 2 is 2.22 bits per heavy atom. The monoisotopic (exact) mass is 245 g/mol. The van der Waals surface area contributed by atoms with Gasteiger partial charge in [0.15, 0.2) is 17.3 Å². The van der Waals surface area contributed by atoms with E-state index in [0.717, 1.165) is 0 Å². The summed E-state index contributed by atoms with van der Waals surface area (Å²) in [5.74, 6) is 1.65. The first-order valence-electron chi connectivity index (χ1n) is 5.95. The largest absolute Gasteiger partial charge is 0.493 e. The molecule has 1 fully saturated rings. The number of nitrogens with zero attached hydrogens (tertiary/aromatic N) is 1. The van der Waals surface area contributed by atoms with Gasteiger partial charge in [0.05, 0.1) is 26.2 Å². The molecule has 0 aliphatic heterocycles. The van der Waals surface area contributed by atoms with Crippen LogP contribution in [0.2, 0.25) is 0 Å². The van der Waals surface area contributed by atoms with E-state index in [0.29, 0.717) is 29.6 Å². The molecule has 0 bridgehead atoms. The second-order valence-electron chi connectivity index (χ2n) is 4.38. The van der Waals surface area contributed by atoms with Crippen molar-refractivity contribution in [2.24, 2.45) is 5.92 Å². The van der Waals surface area contributed by atoms with Crippen LogP contribution in [-0.2, 0) is 0 Å². The van der Waals surface area contributed by atoms with Crippen LogP contribution in [0.5, 0.6) is 11.5 Å². The maximum absolute atomic E-state index is 11.6. The Balaban J connectivity index is 2.11. The lowest BCUT2D eigenvalue weighted by Crippen LogP contribution is -2.03. The standard InChI is InChI=1S/C14H15NO3/c1-17-14-8-11(12(16)6-7-15)4-5-13(14)18-9-10-2-3-10/h4-5,8,10H,2-3,6,9H2,1H3. The molecule has 18 heavy (non-hydrogen) atoms. The van der Waals surface area contributed by atoms with E-state index in [1.165, 1.54) is 20.0 Å². The van der Waals surface area contributed by atoms with E-state index in [-0.39, 0.29) is 12.2 Å². The summed E-state index contributed by atoms with van der Waals surface area (Å²) in [5.41, 5.74) is 0.479. The van der Waals surface area contributed by atoms with Crippen LogP contribution >= 0.6 is 0 Å². The molecule has 0 aromatic heterocycles. The molecule has 0 amide bonds. The van der Waals surface area contributed by atoms with Gasteiger partial charge in [-0.15, -0.1) is 0 Å². The van der Waals surface area contributed by atoms with Gasteiger partial charge in [0, 0.05) is 5.56 Å². The average molecular weight is 245 g/mol. The van der Waals surface area contributed by atoms with Crippen molar-refractivity contribution in [2.75, 3.05) is 13.7 Å². The fourth-order valence-corrected chi connectivity index (χ4v) is 1.63. The average Bonchev–Trinajstić information content (AvgIpc) is 3.20. The quantitative estimate of drug-likeness (QED) is 0.723. The highest BCUT2D eigenvalue weighted by Crippen LogP contribution is 2.33. The zero-order valence-corrected chi connectivity index (χ0v) is 10.3. The molecule has 0 spiro atoms. The summed E-state index contributed by atoms with van der Waals surface area (Å²) >= 11 is 0. The molecule has 0 radical (unpaired) electrons. The van der Waals surface area contributed by atoms with E-state index in [4.69, 9.17) is 14.7 Å². The SMILES string of the molecule is COc1cc(C(=O)CC#N)ccc1OCC1CC1. The van der Waals surface area contributed by atoms with Gasteiger partial charge in [-0.2, -0.15) is 5.26 Å². The number of carbonyl (C=O) groups excluding carboxylic acids is 1. The van der Waals surface area contributed by atoms with Crippen molar-refractivity contribution in [2.45, 2.75) is 19.3 Å². The van der Waals surface area contributed by atoms with E-state index in [1.54, 1.807) is 18.2 Å². The number of Topliss-reactive ketones (excluding diaryl/α,β-unsaturated/α-hetero) is 1. The Labute approximate surface area is 106 Å². The van der Waals surface area contributed by atoms with Crippen LogP contribution in [0.15, 0.2) is 18.2 Å². The molecule has 1 aliphatic rings. The lowest BCUT2D eigenvalue weighted by atomic mass is 10.1. The molecule has 1 aliphatic carbocycles. The Kier molecular flexibility index (Phi) is 3.83. The van der Waals surface area contributed by atoms with Gasteiger partial charge in [0.2, 0.25) is 0 Å². The lowest BCUT2D eigenvalue weighted by Gasteiger charge is -2.11. The molecule has 94 valence electrons. The number of ketones is 1. The zero-order chi connectivity index (χ0) is 13.0. The van der Waals surface area contributed by atoms with Crippen molar-refractivity contribution in [1.29, 1.82) is 5.26 Å². The minimum Gasteiger partial charge on any atom is -0.493 e. The van der Waals surface area contributed by atoms with Crippen LogP contribution < -0.4 is 9.47 Å². The highest BCUT2D eigenvalue weighted by atomic mass is 16.5. The number of nitriles is 1. The molecule has 4 nitrogen and oxygen atoms in total. The van der Waals surface area contributed by atoms with Crippen molar-refractivity contribution in [3.63, 3.8) is 0 Å². The van der Waals surface area contributed by atoms with Gasteiger partial charge in [-0.1, -0.05) is 0 Å². The molecule has 1 aromatic carbocycles. The summed E-state index contributed by atoms with van der Waals surface area (Å²) in [6.07, 6.45) is 2.33. The van der Waals surface area contributed by atoms with Crippen LogP contribution in [-0.4, -0.2) is 19.5 Å². The number of rotatable bonds is 6. The van der Waals surface area contributed by atoms with Crippen LogP contribution in [0.4, 0.5) is 0 Å². The van der Waals surface area contributed by atoms with Gasteiger partial charge in [-0.3, -0.25) is 4.79 Å². The van der Waals surface area contributed by atoms with Crippen LogP contribution in [0.25, 0.3) is 0 Å². The Bertz CT molecular complexity index is 486. The minimum atomic E-state index is -0.204. The molecule has 4 heteroatoms. The molecule has 0 atom stereocenters. The first kappa shape index (κ1) is 12.4. The highest BCUT2D eigenvalue weighted by Gasteiger charge is 2.22. The second-order valence-corrected chi connectivity index (χ2v) is 4.38. The van der Waals surface area contributed by atoms with Crippen LogP contribution in [0.3, 0.4) is 0 Å². The molecule has 0 unspecified atom stereocenters. The third-order valence-electron chi connectivity index (χ3n) is 2.90. The molecular formula is C14H15NO3. The number of carbonyl (C=O) groups is 1. The highest BCUT2D eigenvalue weighted by molar-refractivity contribution is 5.97. The summed E-state index contributed by atoms with van der Waals surface area (Å²) in [5, 5.41) is 8.50. The normalized spacial score (nSPS) is 13.8. The van der Waals surface area contributed by atoms with E-state index in [2.05, 4.69) is 0 Å². The molecule has 2 rings (SSSR count). The first-order valence-corrected chi connectivity index (χ1v) is 5.95. The van der Waals surface area contributed by atoms with Crippen molar-refractivity contribution >= 4 is 5.78 Å². The lowest BCUT2D eigenvalue weighted by molar-refractivity contribution is 0.0997. The number of ether oxygens (including phenoxy) is 2. The zero-order valence-electron chi connectivity index (χ0n) is 10.3. The first-order chi connectivity index (χ1) is 8.74. The van der Waals surface area contributed by atoms with Crippen molar-refractivity contribution in [3.8, 4) is 17.6 Å². The number of hydrogen-bond acceptors (Lipinski definition) is 4. The van der Waals surface area contributed by atoms with Crippen LogP contribution in [0.1, 0.15) is 29.6 Å². The van der Waals surface area contributed by atoms with Gasteiger partial charge in [0.1, 0.15) is 0 Å². The fourth-order valence-electron chi connectivity index (χ4n) is 1.63. The molecular weight excluding hydrogens is 230 g/mol. The number of benzene rings is 1. The molecule has 0 heterocycles. The Morgan fingerprint density at radius 3 is 2.83 bits per heavy atom.